The van der Waals surface area contributed by atoms with Gasteiger partial charge in [-0.05, 0) is 31.3 Å². The van der Waals surface area contributed by atoms with Crippen LogP contribution in [0.3, 0.4) is 0 Å². The molecule has 0 atom stereocenters. The van der Waals surface area contributed by atoms with Crippen LogP contribution in [0.5, 0.6) is 0 Å². The molecule has 1 fully saturated rings. The van der Waals surface area contributed by atoms with Crippen molar-refractivity contribution in [1.82, 2.24) is 4.90 Å². The van der Waals surface area contributed by atoms with E-state index in [4.69, 9.17) is 9.84 Å². The molecule has 0 aromatic rings. The molecule has 0 aromatic carbocycles. The number of aliphatic hydroxyl groups excluding tert-OH is 1. The molecule has 1 saturated heterocycles. The summed E-state index contributed by atoms with van der Waals surface area (Å²) >= 11 is 0. The molecule has 2 N–H and O–H groups in total. The third kappa shape index (κ3) is 3.81. The van der Waals surface area contributed by atoms with Gasteiger partial charge in [-0.3, -0.25) is 0 Å². The van der Waals surface area contributed by atoms with Crippen LogP contribution >= 0.6 is 0 Å². The van der Waals surface area contributed by atoms with Gasteiger partial charge in [0.1, 0.15) is 6.61 Å². The van der Waals surface area contributed by atoms with Crippen LogP contribution in [0.25, 0.3) is 0 Å². The molecular formula is C14H21NO4. The summed E-state index contributed by atoms with van der Waals surface area (Å²) in [6.45, 7) is 0.933. The van der Waals surface area contributed by atoms with Crippen molar-refractivity contribution in [3.8, 4) is 0 Å². The van der Waals surface area contributed by atoms with Crippen LogP contribution in [0.1, 0.15) is 25.7 Å². The molecule has 0 unspecified atom stereocenters. The fourth-order valence-electron chi connectivity index (χ4n) is 2.28. The number of rotatable bonds is 3. The third-order valence-electron chi connectivity index (χ3n) is 3.73. The Labute approximate surface area is 113 Å². The minimum Gasteiger partial charge on any atom is -0.445 e. The number of amides is 1. The van der Waals surface area contributed by atoms with Crippen LogP contribution in [0.4, 0.5) is 4.79 Å². The summed E-state index contributed by atoms with van der Waals surface area (Å²) in [5.74, 6) is 0. The van der Waals surface area contributed by atoms with Crippen LogP contribution in [-0.4, -0.2) is 53.1 Å². The zero-order chi connectivity index (χ0) is 13.7. The Bertz CT molecular complexity index is 381. The average molecular weight is 267 g/mol. The highest BCUT2D eigenvalue weighted by Gasteiger charge is 2.33. The van der Waals surface area contributed by atoms with Crippen LogP contribution in [0, 0.1) is 0 Å². The van der Waals surface area contributed by atoms with E-state index >= 15 is 0 Å². The molecule has 2 rings (SSSR count). The summed E-state index contributed by atoms with van der Waals surface area (Å²) in [4.78, 5) is 13.4. The molecule has 1 aliphatic heterocycles. The highest BCUT2D eigenvalue weighted by Crippen LogP contribution is 2.22. The molecule has 1 amide bonds. The van der Waals surface area contributed by atoms with Gasteiger partial charge < -0.3 is 19.8 Å². The molecule has 0 spiro atoms. The lowest BCUT2D eigenvalue weighted by molar-refractivity contribution is -0.0569. The zero-order valence-electron chi connectivity index (χ0n) is 11.0. The number of hydrogen-bond donors (Lipinski definition) is 2. The average Bonchev–Trinajstić information content (AvgIpc) is 2.47. The molecule has 2 aliphatic rings. The Morgan fingerprint density at radius 1 is 1.42 bits per heavy atom. The van der Waals surface area contributed by atoms with Gasteiger partial charge in [0.25, 0.3) is 0 Å². The Balaban J connectivity index is 1.75. The van der Waals surface area contributed by atoms with E-state index in [2.05, 4.69) is 6.08 Å². The van der Waals surface area contributed by atoms with Crippen molar-refractivity contribution in [3.63, 3.8) is 0 Å². The fraction of sp³-hybridized carbons (Fsp3) is 0.643. The smallest absolute Gasteiger partial charge is 0.410 e. The number of hydrogen-bond acceptors (Lipinski definition) is 4. The van der Waals surface area contributed by atoms with Gasteiger partial charge >= 0.3 is 6.09 Å². The van der Waals surface area contributed by atoms with Crippen molar-refractivity contribution in [3.05, 3.63) is 23.8 Å². The lowest BCUT2D eigenvalue weighted by Crippen LogP contribution is -2.48. The molecule has 0 bridgehead atoms. The van der Waals surface area contributed by atoms with Gasteiger partial charge in [0.2, 0.25) is 0 Å². The van der Waals surface area contributed by atoms with Gasteiger partial charge in [0, 0.05) is 13.1 Å². The minimum absolute atomic E-state index is 0.255. The zero-order valence-corrected chi connectivity index (χ0v) is 11.0. The van der Waals surface area contributed by atoms with Gasteiger partial charge in [-0.25, -0.2) is 4.79 Å². The number of piperidine rings is 1. The number of allylic oxidation sites excluding steroid dienone is 3. The number of ether oxygens (including phenoxy) is 1. The van der Waals surface area contributed by atoms with Crippen LogP contribution in [-0.2, 0) is 4.74 Å². The summed E-state index contributed by atoms with van der Waals surface area (Å²) in [6, 6.07) is 0. The molecular weight excluding hydrogens is 246 g/mol. The highest BCUT2D eigenvalue weighted by molar-refractivity contribution is 5.68. The second-order valence-electron chi connectivity index (χ2n) is 5.22. The van der Waals surface area contributed by atoms with E-state index < -0.39 is 5.60 Å². The molecule has 1 aliphatic carbocycles. The van der Waals surface area contributed by atoms with Crippen LogP contribution in [0.2, 0.25) is 0 Å². The lowest BCUT2D eigenvalue weighted by Gasteiger charge is -2.36. The summed E-state index contributed by atoms with van der Waals surface area (Å²) in [7, 11) is 0. The number of carbonyl (C=O) groups is 1. The van der Waals surface area contributed by atoms with Gasteiger partial charge in [-0.15, -0.1) is 0 Å². The van der Waals surface area contributed by atoms with Crippen LogP contribution < -0.4 is 0 Å². The van der Waals surface area contributed by atoms with Gasteiger partial charge in [0.05, 0.1) is 12.2 Å². The van der Waals surface area contributed by atoms with Crippen molar-refractivity contribution in [2.45, 2.75) is 31.3 Å². The minimum atomic E-state index is -1.03. The van der Waals surface area contributed by atoms with Crippen molar-refractivity contribution >= 4 is 6.09 Å². The second kappa shape index (κ2) is 6.21. The second-order valence-corrected chi connectivity index (χ2v) is 5.22. The third-order valence-corrected chi connectivity index (χ3v) is 3.73. The maximum atomic E-state index is 11.9. The lowest BCUT2D eigenvalue weighted by atomic mass is 9.93. The quantitative estimate of drug-likeness (QED) is 0.806. The number of carbonyl (C=O) groups excluding carboxylic acids is 1. The van der Waals surface area contributed by atoms with Gasteiger partial charge in [0.15, 0.2) is 0 Å². The Hall–Kier alpha value is -1.33. The normalized spacial score (nSPS) is 22.0. The monoisotopic (exact) mass is 267 g/mol. The Morgan fingerprint density at radius 2 is 2.16 bits per heavy atom. The van der Waals surface area contributed by atoms with E-state index in [0.29, 0.717) is 32.5 Å². The Morgan fingerprint density at radius 3 is 2.74 bits per heavy atom. The fourth-order valence-corrected chi connectivity index (χ4v) is 2.28. The summed E-state index contributed by atoms with van der Waals surface area (Å²) < 4.78 is 5.26. The molecule has 106 valence electrons. The molecule has 5 nitrogen and oxygen atoms in total. The topological polar surface area (TPSA) is 70.0 Å². The first kappa shape index (κ1) is 14.1. The predicted octanol–water partition coefficient (Wildman–Crippen LogP) is 1.22. The van der Waals surface area contributed by atoms with E-state index in [9.17, 15) is 9.90 Å². The maximum absolute atomic E-state index is 11.9. The van der Waals surface area contributed by atoms with Crippen molar-refractivity contribution in [2.75, 3.05) is 26.3 Å². The Kier molecular flexibility index (Phi) is 4.61. The molecule has 0 saturated carbocycles. The first-order chi connectivity index (χ1) is 9.13. The molecule has 1 heterocycles. The van der Waals surface area contributed by atoms with E-state index in [-0.39, 0.29) is 12.7 Å². The van der Waals surface area contributed by atoms with Crippen molar-refractivity contribution in [1.29, 1.82) is 0 Å². The molecule has 19 heavy (non-hydrogen) atoms. The van der Waals surface area contributed by atoms with E-state index in [1.54, 1.807) is 4.90 Å². The highest BCUT2D eigenvalue weighted by atomic mass is 16.6. The van der Waals surface area contributed by atoms with Crippen molar-refractivity contribution < 1.29 is 19.7 Å². The summed E-state index contributed by atoms with van der Waals surface area (Å²) in [5, 5.41) is 18.9. The first-order valence-corrected chi connectivity index (χ1v) is 6.72. The first-order valence-electron chi connectivity index (χ1n) is 6.72. The standard InChI is InChI=1S/C14H21NO4/c16-11-14(18)6-8-15(9-7-14)13(17)19-10-12-4-2-1-3-5-12/h1-2,4,16,18H,3,5-11H2. The largest absolute Gasteiger partial charge is 0.445 e. The SMILES string of the molecule is O=C(OCC1=CC=CCC1)N1CCC(O)(CO)CC1. The molecule has 5 heteroatoms. The molecule has 0 radical (unpaired) electrons. The van der Waals surface area contributed by atoms with Gasteiger partial charge in [-0.2, -0.15) is 0 Å². The van der Waals surface area contributed by atoms with Crippen molar-refractivity contribution in [2.24, 2.45) is 0 Å². The van der Waals surface area contributed by atoms with Gasteiger partial charge in [-0.1, -0.05) is 18.2 Å². The van der Waals surface area contributed by atoms with Crippen LogP contribution in [0.15, 0.2) is 23.8 Å². The van der Waals surface area contributed by atoms with E-state index in [0.717, 1.165) is 18.4 Å². The number of aliphatic hydroxyl groups is 2. The van der Waals surface area contributed by atoms with E-state index in [1.165, 1.54) is 0 Å². The number of likely N-dealkylation sites (tertiary alicyclic amines) is 1. The maximum Gasteiger partial charge on any atom is 0.410 e. The predicted molar refractivity (Wildman–Crippen MR) is 70.6 cm³/mol. The summed E-state index contributed by atoms with van der Waals surface area (Å²) in [6.07, 6.45) is 8.44. The number of nitrogens with zero attached hydrogens (tertiary/aromatic N) is 1. The molecule has 0 aromatic heterocycles. The van der Waals surface area contributed by atoms with E-state index in [1.807, 2.05) is 12.2 Å². The summed E-state index contributed by atoms with van der Waals surface area (Å²) in [5.41, 5.74) is 0.0905.